The van der Waals surface area contributed by atoms with E-state index < -0.39 is 0 Å². The Kier molecular flexibility index (Phi) is 6.20. The average Bonchev–Trinajstić information content (AvgIpc) is 2.69. The van der Waals surface area contributed by atoms with Gasteiger partial charge in [-0.3, -0.25) is 14.7 Å². The zero-order chi connectivity index (χ0) is 17.6. The first-order valence-corrected chi connectivity index (χ1v) is 9.37. The SMILES string of the molecule is CC[C@@H](O)CN1CCN(C(=O)C2CCN(c3cnccn3)CC2)CC1. The van der Waals surface area contributed by atoms with Gasteiger partial charge in [-0.1, -0.05) is 6.92 Å². The van der Waals surface area contributed by atoms with E-state index >= 15 is 0 Å². The van der Waals surface area contributed by atoms with Gasteiger partial charge in [-0.15, -0.1) is 0 Å². The van der Waals surface area contributed by atoms with Crippen molar-refractivity contribution in [3.8, 4) is 0 Å². The van der Waals surface area contributed by atoms with Crippen molar-refractivity contribution in [3.63, 3.8) is 0 Å². The molecule has 2 fully saturated rings. The molecule has 1 aromatic rings. The monoisotopic (exact) mass is 347 g/mol. The Labute approximate surface area is 149 Å². The summed E-state index contributed by atoms with van der Waals surface area (Å²) in [6.07, 6.45) is 7.46. The summed E-state index contributed by atoms with van der Waals surface area (Å²) in [5, 5.41) is 9.77. The Morgan fingerprint density at radius 3 is 2.52 bits per heavy atom. The first-order chi connectivity index (χ1) is 12.2. The van der Waals surface area contributed by atoms with Gasteiger partial charge >= 0.3 is 0 Å². The molecule has 0 aromatic carbocycles. The molecule has 25 heavy (non-hydrogen) atoms. The fraction of sp³-hybridized carbons (Fsp3) is 0.722. The number of rotatable bonds is 5. The van der Waals surface area contributed by atoms with Crippen LogP contribution in [0.4, 0.5) is 5.82 Å². The van der Waals surface area contributed by atoms with E-state index in [9.17, 15) is 9.90 Å². The fourth-order valence-corrected chi connectivity index (χ4v) is 3.65. The number of amides is 1. The third-order valence-electron chi connectivity index (χ3n) is 5.34. The molecule has 0 spiro atoms. The minimum atomic E-state index is -0.257. The summed E-state index contributed by atoms with van der Waals surface area (Å²) in [5.74, 6) is 1.33. The summed E-state index contributed by atoms with van der Waals surface area (Å²) >= 11 is 0. The van der Waals surface area contributed by atoms with E-state index in [4.69, 9.17) is 0 Å². The van der Waals surface area contributed by atoms with Gasteiger partial charge in [0.15, 0.2) is 0 Å². The number of hydrogen-bond acceptors (Lipinski definition) is 6. The van der Waals surface area contributed by atoms with Gasteiger partial charge < -0.3 is 14.9 Å². The standard InChI is InChI=1S/C18H29N5O2/c1-2-16(24)14-21-9-11-23(12-10-21)18(25)15-3-7-22(8-4-15)17-13-19-5-6-20-17/h5-6,13,15-16,24H,2-4,7-12,14H2,1H3/t16-/m1/s1. The van der Waals surface area contributed by atoms with Gasteiger partial charge in [0.05, 0.1) is 12.3 Å². The number of piperidine rings is 1. The summed E-state index contributed by atoms with van der Waals surface area (Å²) in [6, 6.07) is 0. The highest BCUT2D eigenvalue weighted by Crippen LogP contribution is 2.23. The maximum atomic E-state index is 12.8. The molecule has 2 aliphatic heterocycles. The molecule has 1 N–H and O–H groups in total. The maximum Gasteiger partial charge on any atom is 0.225 e. The lowest BCUT2D eigenvalue weighted by Gasteiger charge is -2.39. The topological polar surface area (TPSA) is 72.8 Å². The van der Waals surface area contributed by atoms with Crippen LogP contribution in [0, 0.1) is 5.92 Å². The molecule has 7 heteroatoms. The molecule has 0 unspecified atom stereocenters. The van der Waals surface area contributed by atoms with Crippen LogP contribution in [0.15, 0.2) is 18.6 Å². The van der Waals surface area contributed by atoms with E-state index in [1.165, 1.54) is 0 Å². The number of carbonyl (C=O) groups is 1. The second-order valence-corrected chi connectivity index (χ2v) is 7.01. The number of β-amino-alcohol motifs (C(OH)–C–C–N with tert-alkyl or cyclic N) is 1. The van der Waals surface area contributed by atoms with Crippen molar-refractivity contribution in [2.75, 3.05) is 50.7 Å². The van der Waals surface area contributed by atoms with E-state index in [-0.39, 0.29) is 12.0 Å². The number of anilines is 1. The van der Waals surface area contributed by atoms with Crippen LogP contribution in [0.2, 0.25) is 0 Å². The van der Waals surface area contributed by atoms with Crippen LogP contribution in [-0.4, -0.2) is 82.7 Å². The van der Waals surface area contributed by atoms with Crippen molar-refractivity contribution >= 4 is 11.7 Å². The Morgan fingerprint density at radius 1 is 1.20 bits per heavy atom. The molecule has 0 radical (unpaired) electrons. The van der Waals surface area contributed by atoms with Crippen LogP contribution in [0.25, 0.3) is 0 Å². The number of hydrogen-bond donors (Lipinski definition) is 1. The van der Waals surface area contributed by atoms with Gasteiger partial charge in [-0.25, -0.2) is 4.98 Å². The quantitative estimate of drug-likeness (QED) is 0.841. The molecule has 1 amide bonds. The Morgan fingerprint density at radius 2 is 1.92 bits per heavy atom. The van der Waals surface area contributed by atoms with Crippen LogP contribution in [0.1, 0.15) is 26.2 Å². The van der Waals surface area contributed by atoms with Gasteiger partial charge in [-0.05, 0) is 19.3 Å². The molecule has 0 saturated carbocycles. The van der Waals surface area contributed by atoms with Gasteiger partial charge in [0, 0.05) is 64.1 Å². The number of aliphatic hydroxyl groups is 1. The predicted octanol–water partition coefficient (Wildman–Crippen LogP) is 0.608. The zero-order valence-electron chi connectivity index (χ0n) is 15.0. The van der Waals surface area contributed by atoms with Crippen LogP contribution in [0.3, 0.4) is 0 Å². The lowest BCUT2D eigenvalue weighted by atomic mass is 9.95. The molecule has 0 bridgehead atoms. The molecule has 1 aromatic heterocycles. The second-order valence-electron chi connectivity index (χ2n) is 7.01. The van der Waals surface area contributed by atoms with Crippen LogP contribution >= 0.6 is 0 Å². The van der Waals surface area contributed by atoms with E-state index in [2.05, 4.69) is 19.8 Å². The van der Waals surface area contributed by atoms with Crippen molar-refractivity contribution < 1.29 is 9.90 Å². The van der Waals surface area contributed by atoms with Crippen LogP contribution < -0.4 is 4.90 Å². The molecule has 3 heterocycles. The summed E-state index contributed by atoms with van der Waals surface area (Å²) in [4.78, 5) is 27.7. The third kappa shape index (κ3) is 4.67. The molecule has 1 atom stereocenters. The number of nitrogens with zero attached hydrogens (tertiary/aromatic N) is 5. The van der Waals surface area contributed by atoms with Crippen molar-refractivity contribution in [1.29, 1.82) is 0 Å². The summed E-state index contributed by atoms with van der Waals surface area (Å²) in [6.45, 7) is 7.71. The molecule has 3 rings (SSSR count). The van der Waals surface area contributed by atoms with Crippen LogP contribution in [-0.2, 0) is 4.79 Å². The van der Waals surface area contributed by atoms with Crippen LogP contribution in [0.5, 0.6) is 0 Å². The molecule has 2 aliphatic rings. The minimum Gasteiger partial charge on any atom is -0.392 e. The van der Waals surface area contributed by atoms with E-state index in [0.29, 0.717) is 5.91 Å². The summed E-state index contributed by atoms with van der Waals surface area (Å²) in [5.41, 5.74) is 0. The number of piperazine rings is 1. The average molecular weight is 347 g/mol. The number of carbonyl (C=O) groups excluding carboxylic acids is 1. The lowest BCUT2D eigenvalue weighted by Crippen LogP contribution is -2.52. The van der Waals surface area contributed by atoms with E-state index in [1.54, 1.807) is 18.6 Å². The first-order valence-electron chi connectivity index (χ1n) is 9.37. The molecule has 2 saturated heterocycles. The Balaban J connectivity index is 1.44. The highest BCUT2D eigenvalue weighted by atomic mass is 16.3. The largest absolute Gasteiger partial charge is 0.392 e. The predicted molar refractivity (Wildman–Crippen MR) is 96.3 cm³/mol. The number of aliphatic hydroxyl groups excluding tert-OH is 1. The first kappa shape index (κ1) is 18.1. The van der Waals surface area contributed by atoms with Gasteiger partial charge in [0.1, 0.15) is 5.82 Å². The Hall–Kier alpha value is -1.73. The second kappa shape index (κ2) is 8.58. The molecular formula is C18H29N5O2. The molecule has 7 nitrogen and oxygen atoms in total. The smallest absolute Gasteiger partial charge is 0.225 e. The Bertz CT molecular complexity index is 540. The lowest BCUT2D eigenvalue weighted by molar-refractivity contribution is -0.138. The highest BCUT2D eigenvalue weighted by Gasteiger charge is 2.31. The minimum absolute atomic E-state index is 0.126. The van der Waals surface area contributed by atoms with Crippen molar-refractivity contribution in [2.45, 2.75) is 32.3 Å². The normalized spacial score (nSPS) is 21.4. The third-order valence-corrected chi connectivity index (χ3v) is 5.34. The fourth-order valence-electron chi connectivity index (χ4n) is 3.65. The highest BCUT2D eigenvalue weighted by molar-refractivity contribution is 5.79. The maximum absolute atomic E-state index is 12.8. The molecule has 138 valence electrons. The summed E-state index contributed by atoms with van der Waals surface area (Å²) in [7, 11) is 0. The van der Waals surface area contributed by atoms with Gasteiger partial charge in [-0.2, -0.15) is 0 Å². The van der Waals surface area contributed by atoms with Crippen molar-refractivity contribution in [2.24, 2.45) is 5.92 Å². The van der Waals surface area contributed by atoms with Gasteiger partial charge in [0.2, 0.25) is 5.91 Å². The number of aromatic nitrogens is 2. The van der Waals surface area contributed by atoms with Crippen molar-refractivity contribution in [3.05, 3.63) is 18.6 Å². The molecule has 0 aliphatic carbocycles. The summed E-state index contributed by atoms with van der Waals surface area (Å²) < 4.78 is 0. The van der Waals surface area contributed by atoms with E-state index in [1.807, 2.05) is 11.8 Å². The van der Waals surface area contributed by atoms with Gasteiger partial charge in [0.25, 0.3) is 0 Å². The molecular weight excluding hydrogens is 318 g/mol. The zero-order valence-corrected chi connectivity index (χ0v) is 15.0. The van der Waals surface area contributed by atoms with E-state index in [0.717, 1.165) is 70.9 Å². The van der Waals surface area contributed by atoms with Crippen molar-refractivity contribution in [1.82, 2.24) is 19.8 Å².